The van der Waals surface area contributed by atoms with Gasteiger partial charge in [-0.1, -0.05) is 206 Å². The Kier molecular flexibility index (Phi) is 10.9. The minimum atomic E-state index is 1.17. The van der Waals surface area contributed by atoms with Crippen LogP contribution in [0, 0.1) is 13.8 Å². The molecule has 0 aliphatic carbocycles. The van der Waals surface area contributed by atoms with Gasteiger partial charge in [-0.3, -0.25) is 0 Å². The molecule has 0 saturated carbocycles. The maximum Gasteiger partial charge on any atom is -0.0105 e. The van der Waals surface area contributed by atoms with Crippen molar-refractivity contribution < 1.29 is 0 Å². The summed E-state index contributed by atoms with van der Waals surface area (Å²) < 4.78 is 0. The number of aryl methyl sites for hydroxylation is 2. The summed E-state index contributed by atoms with van der Waals surface area (Å²) in [5, 5.41) is 2.47. The van der Waals surface area contributed by atoms with Gasteiger partial charge >= 0.3 is 0 Å². The van der Waals surface area contributed by atoms with E-state index in [-0.39, 0.29) is 0 Å². The van der Waals surface area contributed by atoms with Crippen LogP contribution in [0.2, 0.25) is 0 Å². The molecule has 0 spiro atoms. The van der Waals surface area contributed by atoms with Crippen LogP contribution < -0.4 is 0 Å². The lowest BCUT2D eigenvalue weighted by atomic mass is 9.93. The standard InChI is InChI=1S/C56H44/c1-41-35-43(29-32-50(41)39-55(46-17-7-3-8-18-46)47-19-9-4-10-20-47)27-28-45-37-52-25-15-16-26-54(52)53(38-45)34-31-44-30-33-51(42(2)36-44)40-56(48-21-11-5-12-22-48)49-23-13-6-14-24-49/h3-40H,1-2H3/b28-27-,34-31-. The van der Waals surface area contributed by atoms with Gasteiger partial charge in [0.25, 0.3) is 0 Å². The maximum atomic E-state index is 2.31. The Morgan fingerprint density at radius 2 is 0.714 bits per heavy atom. The first-order chi connectivity index (χ1) is 27.6. The summed E-state index contributed by atoms with van der Waals surface area (Å²) in [6, 6.07) is 69.3. The highest BCUT2D eigenvalue weighted by molar-refractivity contribution is 5.96. The molecule has 0 amide bonds. The van der Waals surface area contributed by atoms with Crippen LogP contribution in [0.4, 0.5) is 0 Å². The molecule has 0 atom stereocenters. The van der Waals surface area contributed by atoms with Crippen LogP contribution in [-0.4, -0.2) is 0 Å². The van der Waals surface area contributed by atoms with Crippen molar-refractivity contribution in [2.45, 2.75) is 13.8 Å². The first-order valence-corrected chi connectivity index (χ1v) is 19.3. The molecular formula is C56H44. The highest BCUT2D eigenvalue weighted by atomic mass is 14.1. The molecule has 0 fully saturated rings. The van der Waals surface area contributed by atoms with Crippen molar-refractivity contribution in [2.75, 3.05) is 0 Å². The minimum absolute atomic E-state index is 1.17. The van der Waals surface area contributed by atoms with E-state index in [4.69, 9.17) is 0 Å². The fraction of sp³-hybridized carbons (Fsp3) is 0.0357. The van der Waals surface area contributed by atoms with Gasteiger partial charge in [-0.2, -0.15) is 0 Å². The van der Waals surface area contributed by atoms with E-state index in [1.807, 2.05) is 0 Å². The van der Waals surface area contributed by atoms with Crippen LogP contribution in [0.3, 0.4) is 0 Å². The zero-order chi connectivity index (χ0) is 38.1. The van der Waals surface area contributed by atoms with Gasteiger partial charge in [0.1, 0.15) is 0 Å². The molecular weight excluding hydrogens is 673 g/mol. The Balaban J connectivity index is 1.06. The molecule has 0 unspecified atom stereocenters. The second-order valence-corrected chi connectivity index (χ2v) is 14.3. The van der Waals surface area contributed by atoms with Crippen LogP contribution in [-0.2, 0) is 0 Å². The van der Waals surface area contributed by atoms with Crippen molar-refractivity contribution in [1.29, 1.82) is 0 Å². The first kappa shape index (κ1) is 36.0. The zero-order valence-corrected chi connectivity index (χ0v) is 31.9. The lowest BCUT2D eigenvalue weighted by Crippen LogP contribution is -1.90. The number of fused-ring (bicyclic) bond motifs is 1. The summed E-state index contributed by atoms with van der Waals surface area (Å²) in [5.41, 5.74) is 16.9. The molecule has 0 nitrogen and oxygen atoms in total. The van der Waals surface area contributed by atoms with Gasteiger partial charge in [-0.25, -0.2) is 0 Å². The van der Waals surface area contributed by atoms with Crippen molar-refractivity contribution in [3.05, 3.63) is 261 Å². The van der Waals surface area contributed by atoms with Crippen molar-refractivity contribution >= 4 is 58.4 Å². The summed E-state index contributed by atoms with van der Waals surface area (Å²) in [7, 11) is 0. The molecule has 0 bridgehead atoms. The molecule has 0 heteroatoms. The zero-order valence-electron chi connectivity index (χ0n) is 31.9. The van der Waals surface area contributed by atoms with E-state index in [9.17, 15) is 0 Å². The molecule has 56 heavy (non-hydrogen) atoms. The SMILES string of the molecule is Cc1cc(/C=C\c2cc(/C=C\c3ccc(C=C(c4ccccc4)c4ccccc4)c(C)c3)c3ccccc3c2)ccc1C=C(c1ccccc1)c1ccccc1. The summed E-state index contributed by atoms with van der Waals surface area (Å²) in [4.78, 5) is 0. The Morgan fingerprint density at radius 1 is 0.321 bits per heavy atom. The molecule has 0 N–H and O–H groups in total. The second-order valence-electron chi connectivity index (χ2n) is 14.3. The van der Waals surface area contributed by atoms with Gasteiger partial charge < -0.3 is 0 Å². The summed E-state index contributed by atoms with van der Waals surface area (Å²) >= 11 is 0. The third-order valence-corrected chi connectivity index (χ3v) is 10.4. The average molecular weight is 717 g/mol. The van der Waals surface area contributed by atoms with E-state index in [1.165, 1.54) is 88.7 Å². The topological polar surface area (TPSA) is 0 Å². The number of rotatable bonds is 10. The highest BCUT2D eigenvalue weighted by Crippen LogP contribution is 2.30. The highest BCUT2D eigenvalue weighted by Gasteiger charge is 2.09. The Bertz CT molecular complexity index is 2630. The van der Waals surface area contributed by atoms with Gasteiger partial charge in [0.15, 0.2) is 0 Å². The molecule has 0 aliphatic heterocycles. The Morgan fingerprint density at radius 3 is 1.16 bits per heavy atom. The van der Waals surface area contributed by atoms with E-state index < -0.39 is 0 Å². The lowest BCUT2D eigenvalue weighted by molar-refractivity contribution is 1.43. The molecule has 0 aromatic heterocycles. The van der Waals surface area contributed by atoms with Gasteiger partial charge in [-0.15, -0.1) is 0 Å². The molecule has 8 aromatic carbocycles. The van der Waals surface area contributed by atoms with Crippen LogP contribution in [0.25, 0.3) is 58.4 Å². The molecule has 0 aliphatic rings. The molecule has 8 rings (SSSR count). The van der Waals surface area contributed by atoms with Gasteiger partial charge in [0, 0.05) is 0 Å². The summed E-state index contributed by atoms with van der Waals surface area (Å²) in [5.74, 6) is 0. The van der Waals surface area contributed by atoms with Crippen LogP contribution in [0.1, 0.15) is 66.8 Å². The first-order valence-electron chi connectivity index (χ1n) is 19.3. The van der Waals surface area contributed by atoms with Crippen molar-refractivity contribution in [3.8, 4) is 0 Å². The van der Waals surface area contributed by atoms with Crippen molar-refractivity contribution in [1.82, 2.24) is 0 Å². The monoisotopic (exact) mass is 716 g/mol. The third-order valence-electron chi connectivity index (χ3n) is 10.4. The van der Waals surface area contributed by atoms with Crippen LogP contribution in [0.5, 0.6) is 0 Å². The maximum absolute atomic E-state index is 2.31. The van der Waals surface area contributed by atoms with Gasteiger partial charge in [0.2, 0.25) is 0 Å². The van der Waals surface area contributed by atoms with Crippen molar-refractivity contribution in [2.24, 2.45) is 0 Å². The third kappa shape index (κ3) is 8.52. The van der Waals surface area contributed by atoms with Crippen molar-refractivity contribution in [3.63, 3.8) is 0 Å². The Labute approximate surface area is 331 Å². The largest absolute Gasteiger partial charge is 0.0622 e. The average Bonchev–Trinajstić information content (AvgIpc) is 3.25. The number of hydrogen-bond donors (Lipinski definition) is 0. The fourth-order valence-corrected chi connectivity index (χ4v) is 7.35. The minimum Gasteiger partial charge on any atom is -0.0622 e. The molecule has 268 valence electrons. The van der Waals surface area contributed by atoms with E-state index in [1.54, 1.807) is 0 Å². The van der Waals surface area contributed by atoms with Crippen LogP contribution in [0.15, 0.2) is 194 Å². The predicted molar refractivity (Wildman–Crippen MR) is 244 cm³/mol. The summed E-state index contributed by atoms with van der Waals surface area (Å²) in [6.45, 7) is 4.40. The predicted octanol–water partition coefficient (Wildman–Crippen LogP) is 15.0. The molecule has 0 radical (unpaired) electrons. The van der Waals surface area contributed by atoms with E-state index >= 15 is 0 Å². The van der Waals surface area contributed by atoms with Gasteiger partial charge in [0.05, 0.1) is 0 Å². The lowest BCUT2D eigenvalue weighted by Gasteiger charge is -2.11. The van der Waals surface area contributed by atoms with E-state index in [0.717, 1.165) is 0 Å². The number of hydrogen-bond acceptors (Lipinski definition) is 0. The van der Waals surface area contributed by atoms with Crippen LogP contribution >= 0.6 is 0 Å². The quantitative estimate of drug-likeness (QED) is 0.124. The van der Waals surface area contributed by atoms with E-state index in [0.29, 0.717) is 0 Å². The molecule has 0 saturated heterocycles. The fourth-order valence-electron chi connectivity index (χ4n) is 7.35. The van der Waals surface area contributed by atoms with E-state index in [2.05, 4.69) is 244 Å². The molecule has 0 heterocycles. The van der Waals surface area contributed by atoms with Gasteiger partial charge in [-0.05, 0) is 127 Å². The molecule has 8 aromatic rings. The number of benzene rings is 8. The normalized spacial score (nSPS) is 11.2. The second kappa shape index (κ2) is 17.0. The Hall–Kier alpha value is -7.02. The smallest absolute Gasteiger partial charge is 0.0105 e. The summed E-state index contributed by atoms with van der Waals surface area (Å²) in [6.07, 6.45) is 13.6.